The number of benzene rings is 1. The Morgan fingerprint density at radius 1 is 1.17 bits per heavy atom. The predicted octanol–water partition coefficient (Wildman–Crippen LogP) is 3.26. The van der Waals surface area contributed by atoms with Crippen molar-refractivity contribution in [1.82, 2.24) is 4.98 Å². The monoisotopic (exact) mass is 318 g/mol. The lowest BCUT2D eigenvalue weighted by atomic mass is 9.95. The third-order valence-electron chi connectivity index (χ3n) is 3.75. The largest absolute Gasteiger partial charge is 0.483 e. The van der Waals surface area contributed by atoms with Gasteiger partial charge < -0.3 is 10.1 Å². The molecule has 0 unspecified atom stereocenters. The van der Waals surface area contributed by atoms with Crippen molar-refractivity contribution >= 4 is 11.6 Å². The Morgan fingerprint density at radius 2 is 2.00 bits per heavy atom. The first kappa shape index (κ1) is 15.4. The molecule has 0 saturated carbocycles. The molecule has 1 amide bonds. The fourth-order valence-corrected chi connectivity index (χ4v) is 2.64. The molecule has 23 heavy (non-hydrogen) atoms. The number of ether oxygens (including phenoxy) is 1. The van der Waals surface area contributed by atoms with Gasteiger partial charge in [-0.15, -0.1) is 0 Å². The van der Waals surface area contributed by atoms with Gasteiger partial charge in [0.2, 0.25) is 0 Å². The number of aromatic nitrogens is 1. The second-order valence-corrected chi connectivity index (χ2v) is 5.41. The van der Waals surface area contributed by atoms with E-state index < -0.39 is 17.5 Å². The van der Waals surface area contributed by atoms with Crippen molar-refractivity contribution in [2.24, 2.45) is 0 Å². The number of hydrogen-bond acceptors (Lipinski definition) is 3. The van der Waals surface area contributed by atoms with Crippen LogP contribution in [0.2, 0.25) is 0 Å². The molecule has 0 spiro atoms. The van der Waals surface area contributed by atoms with Gasteiger partial charge in [0.05, 0.1) is 0 Å². The highest BCUT2D eigenvalue weighted by molar-refractivity contribution is 5.91. The van der Waals surface area contributed by atoms with Gasteiger partial charge in [0.15, 0.2) is 18.2 Å². The summed E-state index contributed by atoms with van der Waals surface area (Å²) in [4.78, 5) is 16.2. The number of carbonyl (C=O) groups excluding carboxylic acids is 1. The normalized spacial score (nSPS) is 13.3. The first-order valence-electron chi connectivity index (χ1n) is 7.48. The van der Waals surface area contributed by atoms with E-state index in [2.05, 4.69) is 10.3 Å². The number of rotatable bonds is 4. The van der Waals surface area contributed by atoms with E-state index in [1.165, 1.54) is 6.07 Å². The minimum atomic E-state index is -1.01. The maximum atomic E-state index is 13.1. The van der Waals surface area contributed by atoms with E-state index in [4.69, 9.17) is 4.74 Å². The highest BCUT2D eigenvalue weighted by Crippen LogP contribution is 2.27. The number of carbonyl (C=O) groups is 1. The molecular weight excluding hydrogens is 302 g/mol. The molecular formula is C17H16F2N2O2. The molecule has 2 aromatic rings. The molecule has 0 fully saturated rings. The number of halogens is 2. The number of amides is 1. The van der Waals surface area contributed by atoms with Crippen LogP contribution in [0.15, 0.2) is 30.5 Å². The SMILES string of the molecule is O=C(COc1ccnc2c1CCCC2)Nc1ccc(F)c(F)c1. The Kier molecular flexibility index (Phi) is 4.50. The Morgan fingerprint density at radius 3 is 2.83 bits per heavy atom. The van der Waals surface area contributed by atoms with Crippen molar-refractivity contribution < 1.29 is 18.3 Å². The summed E-state index contributed by atoms with van der Waals surface area (Å²) in [6.45, 7) is -0.199. The van der Waals surface area contributed by atoms with Crippen molar-refractivity contribution in [3.63, 3.8) is 0 Å². The summed E-state index contributed by atoms with van der Waals surface area (Å²) in [5.41, 5.74) is 2.27. The van der Waals surface area contributed by atoms with Crippen LogP contribution in [0, 0.1) is 11.6 Å². The summed E-state index contributed by atoms with van der Waals surface area (Å²) in [7, 11) is 0. The summed E-state index contributed by atoms with van der Waals surface area (Å²) < 4.78 is 31.5. The first-order chi connectivity index (χ1) is 11.1. The molecule has 3 rings (SSSR count). The molecule has 0 atom stereocenters. The van der Waals surface area contributed by atoms with E-state index in [0.717, 1.165) is 49.1 Å². The van der Waals surface area contributed by atoms with Crippen LogP contribution in [-0.4, -0.2) is 17.5 Å². The second kappa shape index (κ2) is 6.73. The van der Waals surface area contributed by atoms with Crippen LogP contribution in [0.4, 0.5) is 14.5 Å². The van der Waals surface area contributed by atoms with Crippen LogP contribution in [0.25, 0.3) is 0 Å². The smallest absolute Gasteiger partial charge is 0.262 e. The van der Waals surface area contributed by atoms with Gasteiger partial charge in [-0.05, 0) is 43.9 Å². The van der Waals surface area contributed by atoms with E-state index in [9.17, 15) is 13.6 Å². The minimum Gasteiger partial charge on any atom is -0.483 e. The molecule has 1 aromatic heterocycles. The van der Waals surface area contributed by atoms with Crippen LogP contribution < -0.4 is 10.1 Å². The summed E-state index contributed by atoms with van der Waals surface area (Å²) in [5.74, 6) is -1.73. The highest BCUT2D eigenvalue weighted by Gasteiger charge is 2.16. The molecule has 1 aromatic carbocycles. The highest BCUT2D eigenvalue weighted by atomic mass is 19.2. The van der Waals surface area contributed by atoms with Crippen LogP contribution in [0.1, 0.15) is 24.1 Å². The molecule has 0 bridgehead atoms. The zero-order valence-electron chi connectivity index (χ0n) is 12.4. The van der Waals surface area contributed by atoms with Gasteiger partial charge in [-0.2, -0.15) is 0 Å². The average Bonchev–Trinajstić information content (AvgIpc) is 2.56. The van der Waals surface area contributed by atoms with Gasteiger partial charge in [0.1, 0.15) is 5.75 Å². The fraction of sp³-hybridized carbons (Fsp3) is 0.294. The molecule has 0 aliphatic heterocycles. The average molecular weight is 318 g/mol. The van der Waals surface area contributed by atoms with Crippen LogP contribution >= 0.6 is 0 Å². The van der Waals surface area contributed by atoms with E-state index in [1.54, 1.807) is 12.3 Å². The standard InChI is InChI=1S/C17H16F2N2O2/c18-13-6-5-11(9-14(13)19)21-17(22)10-23-16-7-8-20-15-4-2-1-3-12(15)16/h5-9H,1-4,10H2,(H,21,22). The van der Waals surface area contributed by atoms with Crippen molar-refractivity contribution in [2.45, 2.75) is 25.7 Å². The number of pyridine rings is 1. The third kappa shape index (κ3) is 3.64. The molecule has 120 valence electrons. The Bertz CT molecular complexity index is 735. The third-order valence-corrected chi connectivity index (χ3v) is 3.75. The first-order valence-corrected chi connectivity index (χ1v) is 7.48. The maximum Gasteiger partial charge on any atom is 0.262 e. The van der Waals surface area contributed by atoms with E-state index in [0.29, 0.717) is 5.75 Å². The number of nitrogens with one attached hydrogen (secondary N) is 1. The minimum absolute atomic E-state index is 0.189. The predicted molar refractivity (Wildman–Crippen MR) is 81.4 cm³/mol. The lowest BCUT2D eigenvalue weighted by Crippen LogP contribution is -2.21. The molecule has 0 saturated heterocycles. The lowest BCUT2D eigenvalue weighted by Gasteiger charge is -2.18. The molecule has 1 aliphatic rings. The molecule has 1 aliphatic carbocycles. The van der Waals surface area contributed by atoms with Gasteiger partial charge >= 0.3 is 0 Å². The molecule has 6 heteroatoms. The number of hydrogen-bond donors (Lipinski definition) is 1. The van der Waals surface area contributed by atoms with E-state index in [-0.39, 0.29) is 12.3 Å². The summed E-state index contributed by atoms with van der Waals surface area (Å²) in [6.07, 6.45) is 5.68. The van der Waals surface area contributed by atoms with Crippen LogP contribution in [0.5, 0.6) is 5.75 Å². The van der Waals surface area contributed by atoms with Gasteiger partial charge in [0.25, 0.3) is 5.91 Å². The number of aryl methyl sites for hydroxylation is 1. The molecule has 4 nitrogen and oxygen atoms in total. The van der Waals surface area contributed by atoms with Crippen molar-refractivity contribution in [3.8, 4) is 5.75 Å². The molecule has 1 heterocycles. The summed E-state index contributed by atoms with van der Waals surface area (Å²) in [6, 6.07) is 4.94. The lowest BCUT2D eigenvalue weighted by molar-refractivity contribution is -0.118. The van der Waals surface area contributed by atoms with Gasteiger partial charge in [0, 0.05) is 29.2 Å². The molecule has 1 N–H and O–H groups in total. The van der Waals surface area contributed by atoms with Crippen LogP contribution in [0.3, 0.4) is 0 Å². The number of fused-ring (bicyclic) bond motifs is 1. The fourth-order valence-electron chi connectivity index (χ4n) is 2.64. The van der Waals surface area contributed by atoms with Crippen molar-refractivity contribution in [1.29, 1.82) is 0 Å². The Hall–Kier alpha value is -2.50. The van der Waals surface area contributed by atoms with E-state index in [1.807, 2.05) is 0 Å². The van der Waals surface area contributed by atoms with Gasteiger partial charge in [-0.1, -0.05) is 0 Å². The zero-order valence-corrected chi connectivity index (χ0v) is 12.4. The Labute approximate surface area is 132 Å². The molecule has 0 radical (unpaired) electrons. The number of nitrogens with zero attached hydrogens (tertiary/aromatic N) is 1. The second-order valence-electron chi connectivity index (χ2n) is 5.41. The van der Waals surface area contributed by atoms with Gasteiger partial charge in [-0.25, -0.2) is 8.78 Å². The van der Waals surface area contributed by atoms with Crippen molar-refractivity contribution in [2.75, 3.05) is 11.9 Å². The topological polar surface area (TPSA) is 51.2 Å². The quantitative estimate of drug-likeness (QED) is 0.941. The maximum absolute atomic E-state index is 13.1. The Balaban J connectivity index is 1.62. The summed E-state index contributed by atoms with van der Waals surface area (Å²) in [5, 5.41) is 2.47. The number of anilines is 1. The zero-order chi connectivity index (χ0) is 16.2. The van der Waals surface area contributed by atoms with Crippen LogP contribution in [-0.2, 0) is 17.6 Å². The van der Waals surface area contributed by atoms with Crippen molar-refractivity contribution in [3.05, 3.63) is 53.4 Å². The summed E-state index contributed by atoms with van der Waals surface area (Å²) >= 11 is 0. The van der Waals surface area contributed by atoms with Gasteiger partial charge in [-0.3, -0.25) is 9.78 Å². The van der Waals surface area contributed by atoms with E-state index >= 15 is 0 Å².